The molecule has 3 N–H and O–H groups in total. The molecule has 1 unspecified atom stereocenters. The molecular weight excluding hydrogens is 224 g/mol. The molecule has 2 rings (SSSR count). The topological polar surface area (TPSA) is 54.2 Å². The fraction of sp³-hybridized carbons (Fsp3) is 0.643. The van der Waals surface area contributed by atoms with E-state index in [0.717, 1.165) is 38.3 Å². The fourth-order valence-corrected chi connectivity index (χ4v) is 2.64. The number of nitrogens with zero attached hydrogens (tertiary/aromatic N) is 2. The van der Waals surface area contributed by atoms with Crippen LogP contribution in [0.1, 0.15) is 32.0 Å². The maximum Gasteiger partial charge on any atom is 0.0571 e. The normalized spacial score (nSPS) is 19.7. The van der Waals surface area contributed by atoms with Crippen LogP contribution in [0.15, 0.2) is 24.4 Å². The Morgan fingerprint density at radius 2 is 2.11 bits per heavy atom. The van der Waals surface area contributed by atoms with Gasteiger partial charge in [0.25, 0.3) is 0 Å². The van der Waals surface area contributed by atoms with E-state index < -0.39 is 0 Å². The summed E-state index contributed by atoms with van der Waals surface area (Å²) in [5.41, 5.74) is 7.39. The Morgan fingerprint density at radius 1 is 1.39 bits per heavy atom. The number of aromatic nitrogens is 1. The molecule has 18 heavy (non-hydrogen) atoms. The van der Waals surface area contributed by atoms with Gasteiger partial charge < -0.3 is 11.1 Å². The average Bonchev–Trinajstić information content (AvgIpc) is 2.40. The summed E-state index contributed by atoms with van der Waals surface area (Å²) in [7, 11) is 0. The maximum atomic E-state index is 6.28. The number of nitrogens with one attached hydrogen (secondary N) is 1. The molecule has 1 aromatic rings. The quantitative estimate of drug-likeness (QED) is 0.839. The van der Waals surface area contributed by atoms with Gasteiger partial charge in [-0.2, -0.15) is 0 Å². The van der Waals surface area contributed by atoms with Crippen LogP contribution in [0.3, 0.4) is 0 Å². The lowest BCUT2D eigenvalue weighted by molar-refractivity contribution is 0.0889. The first-order valence-corrected chi connectivity index (χ1v) is 6.72. The Kier molecular flexibility index (Phi) is 4.32. The number of rotatable bonds is 4. The lowest BCUT2D eigenvalue weighted by atomic mass is 9.91. The number of nitrogens with two attached hydrogens (primary N) is 1. The molecular formula is C14H24N4. The average molecular weight is 248 g/mol. The summed E-state index contributed by atoms with van der Waals surface area (Å²) >= 11 is 0. The molecule has 1 atom stereocenters. The summed E-state index contributed by atoms with van der Waals surface area (Å²) < 4.78 is 0. The first-order valence-electron chi connectivity index (χ1n) is 6.72. The van der Waals surface area contributed by atoms with E-state index in [4.69, 9.17) is 5.73 Å². The molecule has 4 nitrogen and oxygen atoms in total. The molecule has 4 heteroatoms. The van der Waals surface area contributed by atoms with Crippen molar-refractivity contribution in [3.63, 3.8) is 0 Å². The van der Waals surface area contributed by atoms with Crippen molar-refractivity contribution < 1.29 is 0 Å². The summed E-state index contributed by atoms with van der Waals surface area (Å²) in [6, 6.07) is 5.95. The second-order valence-electron chi connectivity index (χ2n) is 5.61. The van der Waals surface area contributed by atoms with Crippen molar-refractivity contribution in [1.82, 2.24) is 15.2 Å². The molecule has 1 fully saturated rings. The summed E-state index contributed by atoms with van der Waals surface area (Å²) in [4.78, 5) is 6.87. The van der Waals surface area contributed by atoms with E-state index in [1.54, 1.807) is 0 Å². The molecule has 100 valence electrons. The minimum absolute atomic E-state index is 0.0103. The smallest absolute Gasteiger partial charge is 0.0571 e. The van der Waals surface area contributed by atoms with Crippen molar-refractivity contribution in [2.75, 3.05) is 26.2 Å². The molecule has 0 spiro atoms. The van der Waals surface area contributed by atoms with Crippen LogP contribution >= 0.6 is 0 Å². The lowest BCUT2D eigenvalue weighted by Crippen LogP contribution is -2.54. The molecule has 0 saturated carbocycles. The van der Waals surface area contributed by atoms with Gasteiger partial charge in [0.2, 0.25) is 0 Å². The van der Waals surface area contributed by atoms with Crippen LogP contribution in [0.5, 0.6) is 0 Å². The molecule has 0 bridgehead atoms. The molecule has 0 aliphatic carbocycles. The first-order chi connectivity index (χ1) is 8.59. The maximum absolute atomic E-state index is 6.28. The highest BCUT2D eigenvalue weighted by atomic mass is 15.2. The third-order valence-electron chi connectivity index (χ3n) is 3.76. The molecule has 0 amide bonds. The van der Waals surface area contributed by atoms with Crippen molar-refractivity contribution in [3.8, 4) is 0 Å². The first kappa shape index (κ1) is 13.5. The van der Waals surface area contributed by atoms with Crippen LogP contribution in [0.2, 0.25) is 0 Å². The zero-order valence-electron chi connectivity index (χ0n) is 11.4. The Morgan fingerprint density at radius 3 is 2.72 bits per heavy atom. The number of hydrogen-bond donors (Lipinski definition) is 2. The molecule has 1 aromatic heterocycles. The van der Waals surface area contributed by atoms with Gasteiger partial charge in [0, 0.05) is 44.0 Å². The zero-order valence-corrected chi connectivity index (χ0v) is 11.4. The van der Waals surface area contributed by atoms with Gasteiger partial charge in [-0.25, -0.2) is 0 Å². The van der Waals surface area contributed by atoms with E-state index in [0.29, 0.717) is 0 Å². The molecule has 1 saturated heterocycles. The van der Waals surface area contributed by atoms with Gasteiger partial charge in [-0.15, -0.1) is 0 Å². The van der Waals surface area contributed by atoms with Crippen molar-refractivity contribution in [2.45, 2.75) is 31.8 Å². The van der Waals surface area contributed by atoms with E-state index in [9.17, 15) is 0 Å². The van der Waals surface area contributed by atoms with E-state index in [1.807, 2.05) is 24.4 Å². The zero-order chi connectivity index (χ0) is 13.0. The summed E-state index contributed by atoms with van der Waals surface area (Å²) in [5, 5.41) is 3.39. The van der Waals surface area contributed by atoms with Crippen LogP contribution in [-0.2, 0) is 0 Å². The van der Waals surface area contributed by atoms with Gasteiger partial charge in [-0.3, -0.25) is 9.88 Å². The Labute approximate surface area is 110 Å². The fourth-order valence-electron chi connectivity index (χ4n) is 2.64. The van der Waals surface area contributed by atoms with Gasteiger partial charge in [0.15, 0.2) is 0 Å². The van der Waals surface area contributed by atoms with Crippen molar-refractivity contribution >= 4 is 0 Å². The number of pyridine rings is 1. The molecule has 1 aliphatic heterocycles. The summed E-state index contributed by atoms with van der Waals surface area (Å²) in [6.07, 6.45) is 2.75. The van der Waals surface area contributed by atoms with E-state index in [2.05, 4.69) is 29.0 Å². The minimum Gasteiger partial charge on any atom is -0.323 e. The van der Waals surface area contributed by atoms with E-state index >= 15 is 0 Å². The summed E-state index contributed by atoms with van der Waals surface area (Å²) in [5.74, 6) is 0. The van der Waals surface area contributed by atoms with Crippen molar-refractivity contribution in [1.29, 1.82) is 0 Å². The third-order valence-corrected chi connectivity index (χ3v) is 3.76. The standard InChI is InChI=1S/C14H24N4/c1-14(2,18-9-7-16-8-10-18)11-12(15)13-5-3-4-6-17-13/h3-6,12,16H,7-11,15H2,1-2H3. The van der Waals surface area contributed by atoms with E-state index in [-0.39, 0.29) is 11.6 Å². The second-order valence-corrected chi connectivity index (χ2v) is 5.61. The van der Waals surface area contributed by atoms with Gasteiger partial charge >= 0.3 is 0 Å². The highest BCUT2D eigenvalue weighted by Gasteiger charge is 2.30. The van der Waals surface area contributed by atoms with Crippen LogP contribution in [0.4, 0.5) is 0 Å². The van der Waals surface area contributed by atoms with E-state index in [1.165, 1.54) is 0 Å². The Hall–Kier alpha value is -0.970. The predicted molar refractivity (Wildman–Crippen MR) is 74.3 cm³/mol. The van der Waals surface area contributed by atoms with Gasteiger partial charge in [-0.05, 0) is 32.4 Å². The predicted octanol–water partition coefficient (Wildman–Crippen LogP) is 1.16. The van der Waals surface area contributed by atoms with Crippen molar-refractivity contribution in [3.05, 3.63) is 30.1 Å². The molecule has 0 aromatic carbocycles. The Balaban J connectivity index is 1.98. The third kappa shape index (κ3) is 3.28. The molecule has 2 heterocycles. The Bertz CT molecular complexity index is 357. The second kappa shape index (κ2) is 5.78. The van der Waals surface area contributed by atoms with Crippen LogP contribution < -0.4 is 11.1 Å². The van der Waals surface area contributed by atoms with Crippen LogP contribution in [0.25, 0.3) is 0 Å². The largest absolute Gasteiger partial charge is 0.323 e. The molecule has 1 aliphatic rings. The summed E-state index contributed by atoms with van der Waals surface area (Å²) in [6.45, 7) is 8.90. The van der Waals surface area contributed by atoms with Gasteiger partial charge in [0.05, 0.1) is 5.69 Å². The van der Waals surface area contributed by atoms with Crippen LogP contribution in [-0.4, -0.2) is 41.6 Å². The van der Waals surface area contributed by atoms with Gasteiger partial charge in [0.1, 0.15) is 0 Å². The lowest BCUT2D eigenvalue weighted by Gasteiger charge is -2.42. The minimum atomic E-state index is 0.0103. The SMILES string of the molecule is CC(C)(CC(N)c1ccccn1)N1CCNCC1. The molecule has 0 radical (unpaired) electrons. The number of piperazine rings is 1. The van der Waals surface area contributed by atoms with Gasteiger partial charge in [-0.1, -0.05) is 6.07 Å². The monoisotopic (exact) mass is 248 g/mol. The van der Waals surface area contributed by atoms with Crippen LogP contribution in [0, 0.1) is 0 Å². The highest BCUT2D eigenvalue weighted by Crippen LogP contribution is 2.26. The number of hydrogen-bond acceptors (Lipinski definition) is 4. The highest BCUT2D eigenvalue weighted by molar-refractivity contribution is 5.09. The van der Waals surface area contributed by atoms with Crippen molar-refractivity contribution in [2.24, 2.45) is 5.73 Å².